The Labute approximate surface area is 89.3 Å². The van der Waals surface area contributed by atoms with Gasteiger partial charge in [-0.05, 0) is 33.8 Å². The molecule has 5 heteroatoms. The Morgan fingerprint density at radius 2 is 1.60 bits per heavy atom. The third-order valence-corrected chi connectivity index (χ3v) is 3.10. The van der Waals surface area contributed by atoms with Crippen molar-refractivity contribution in [2.24, 2.45) is 0 Å². The predicted molar refractivity (Wildman–Crippen MR) is 56.1 cm³/mol. The summed E-state index contributed by atoms with van der Waals surface area (Å²) >= 11 is 0. The average molecular weight is 210 g/mol. The molecule has 0 aromatic carbocycles. The van der Waals surface area contributed by atoms with Gasteiger partial charge in [-0.2, -0.15) is 0 Å². The molecule has 2 heterocycles. The first-order valence-corrected chi connectivity index (χ1v) is 4.96. The molecule has 0 bridgehead atoms. The Morgan fingerprint density at radius 3 is 2.00 bits per heavy atom. The lowest BCUT2D eigenvalue weighted by molar-refractivity contribution is 0.00578. The molecule has 0 radical (unpaired) electrons. The van der Waals surface area contributed by atoms with Gasteiger partial charge in [0.25, 0.3) is 5.95 Å². The van der Waals surface area contributed by atoms with Crippen LogP contribution >= 0.6 is 0 Å². The van der Waals surface area contributed by atoms with Crippen molar-refractivity contribution in [2.75, 3.05) is 0 Å². The zero-order chi connectivity index (χ0) is 11.3. The summed E-state index contributed by atoms with van der Waals surface area (Å²) in [6.07, 6.45) is 0. The lowest BCUT2D eigenvalue weighted by Crippen LogP contribution is -2.41. The van der Waals surface area contributed by atoms with Crippen LogP contribution in [0.1, 0.15) is 27.7 Å². The predicted octanol–water partition coefficient (Wildman–Crippen LogP) is 1.28. The number of aromatic hydroxyl groups is 1. The Kier molecular flexibility index (Phi) is 2.13. The smallest absolute Gasteiger partial charge is 0.481 e. The molecule has 4 nitrogen and oxygen atoms in total. The van der Waals surface area contributed by atoms with Gasteiger partial charge in [-0.3, -0.25) is 0 Å². The highest BCUT2D eigenvalue weighted by molar-refractivity contribution is 6.60. The van der Waals surface area contributed by atoms with Gasteiger partial charge in [0, 0.05) is 6.07 Å². The summed E-state index contributed by atoms with van der Waals surface area (Å²) in [7, 11) is -0.545. The molecule has 82 valence electrons. The average Bonchev–Trinajstić information content (AvgIpc) is 2.56. The van der Waals surface area contributed by atoms with E-state index in [-0.39, 0.29) is 17.1 Å². The Bertz CT molecular complexity index is 353. The van der Waals surface area contributed by atoms with Gasteiger partial charge in [-0.1, -0.05) is 0 Å². The van der Waals surface area contributed by atoms with Crippen molar-refractivity contribution in [3.8, 4) is 5.95 Å². The van der Waals surface area contributed by atoms with Gasteiger partial charge in [-0.25, -0.2) is 0 Å². The largest absolute Gasteiger partial charge is 0.532 e. The second kappa shape index (κ2) is 3.03. The SMILES string of the molecule is CC1(C)OB(c2ccc(O)o2)OC1(C)C. The number of rotatable bonds is 1. The highest BCUT2D eigenvalue weighted by Gasteiger charge is 2.53. The minimum Gasteiger partial charge on any atom is -0.481 e. The molecule has 1 N–H and O–H groups in total. The van der Waals surface area contributed by atoms with E-state index in [9.17, 15) is 0 Å². The van der Waals surface area contributed by atoms with E-state index in [1.54, 1.807) is 6.07 Å². The van der Waals surface area contributed by atoms with Crippen molar-refractivity contribution in [1.29, 1.82) is 0 Å². The lowest BCUT2D eigenvalue weighted by atomic mass is 9.86. The highest BCUT2D eigenvalue weighted by Crippen LogP contribution is 2.36. The van der Waals surface area contributed by atoms with Crippen LogP contribution in [0, 0.1) is 0 Å². The van der Waals surface area contributed by atoms with Crippen molar-refractivity contribution in [1.82, 2.24) is 0 Å². The molecule has 0 amide bonds. The second-order valence-electron chi connectivity index (χ2n) is 4.76. The Balaban J connectivity index is 2.23. The molecule has 1 aromatic heterocycles. The molecule has 1 aliphatic heterocycles. The zero-order valence-corrected chi connectivity index (χ0v) is 9.40. The van der Waals surface area contributed by atoms with Gasteiger partial charge >= 0.3 is 7.12 Å². The fraction of sp³-hybridized carbons (Fsp3) is 0.600. The summed E-state index contributed by atoms with van der Waals surface area (Å²) in [4.78, 5) is 0. The Morgan fingerprint density at radius 1 is 1.07 bits per heavy atom. The van der Waals surface area contributed by atoms with Gasteiger partial charge in [0.1, 0.15) is 5.66 Å². The normalized spacial score (nSPS) is 23.3. The van der Waals surface area contributed by atoms with E-state index in [0.29, 0.717) is 5.66 Å². The third kappa shape index (κ3) is 1.66. The van der Waals surface area contributed by atoms with E-state index in [0.717, 1.165) is 0 Å². The Hall–Kier alpha value is -0.935. The van der Waals surface area contributed by atoms with Crippen LogP contribution in [-0.2, 0) is 9.31 Å². The van der Waals surface area contributed by atoms with Crippen molar-refractivity contribution >= 4 is 12.8 Å². The van der Waals surface area contributed by atoms with E-state index in [4.69, 9.17) is 18.8 Å². The standard InChI is InChI=1S/C10H15BO4/c1-9(2)10(3,4)15-11(14-9)7-5-6-8(12)13-7/h5-6,12H,1-4H3. The maximum atomic E-state index is 9.10. The minimum absolute atomic E-state index is 0.125. The molecule has 1 saturated heterocycles. The number of hydrogen-bond acceptors (Lipinski definition) is 4. The molecule has 0 unspecified atom stereocenters. The molecule has 1 aliphatic rings. The first kappa shape index (κ1) is 10.6. The third-order valence-electron chi connectivity index (χ3n) is 3.10. The molecular weight excluding hydrogens is 195 g/mol. The summed E-state index contributed by atoms with van der Waals surface area (Å²) < 4.78 is 16.5. The molecular formula is C10H15BO4. The fourth-order valence-corrected chi connectivity index (χ4v) is 1.43. The molecule has 1 aromatic rings. The van der Waals surface area contributed by atoms with Gasteiger partial charge < -0.3 is 18.8 Å². The fourth-order valence-electron chi connectivity index (χ4n) is 1.43. The van der Waals surface area contributed by atoms with Crippen LogP contribution in [0.5, 0.6) is 5.95 Å². The van der Waals surface area contributed by atoms with Crippen LogP contribution in [0.4, 0.5) is 0 Å². The first-order valence-electron chi connectivity index (χ1n) is 4.96. The lowest BCUT2D eigenvalue weighted by Gasteiger charge is -2.32. The van der Waals surface area contributed by atoms with Crippen molar-refractivity contribution in [3.63, 3.8) is 0 Å². The summed E-state index contributed by atoms with van der Waals surface area (Å²) in [6, 6.07) is 3.12. The molecule has 0 saturated carbocycles. The monoisotopic (exact) mass is 210 g/mol. The van der Waals surface area contributed by atoms with Gasteiger partial charge in [0.2, 0.25) is 0 Å². The first-order chi connectivity index (χ1) is 6.82. The van der Waals surface area contributed by atoms with E-state index in [1.807, 2.05) is 27.7 Å². The van der Waals surface area contributed by atoms with Crippen molar-refractivity contribution < 1.29 is 18.8 Å². The van der Waals surface area contributed by atoms with Crippen LogP contribution in [0.2, 0.25) is 0 Å². The number of furan rings is 1. The molecule has 0 aliphatic carbocycles. The van der Waals surface area contributed by atoms with E-state index >= 15 is 0 Å². The maximum absolute atomic E-state index is 9.10. The zero-order valence-electron chi connectivity index (χ0n) is 9.40. The van der Waals surface area contributed by atoms with Gasteiger partial charge in [0.15, 0.2) is 0 Å². The van der Waals surface area contributed by atoms with Gasteiger partial charge in [-0.15, -0.1) is 0 Å². The van der Waals surface area contributed by atoms with E-state index in [2.05, 4.69) is 0 Å². The minimum atomic E-state index is -0.545. The van der Waals surface area contributed by atoms with Crippen molar-refractivity contribution in [2.45, 2.75) is 38.9 Å². The number of hydrogen-bond donors (Lipinski definition) is 1. The van der Waals surface area contributed by atoms with Gasteiger partial charge in [0.05, 0.1) is 11.2 Å². The molecule has 0 spiro atoms. The van der Waals surface area contributed by atoms with Crippen LogP contribution < -0.4 is 5.66 Å². The van der Waals surface area contributed by atoms with Crippen LogP contribution in [0.3, 0.4) is 0 Å². The summed E-state index contributed by atoms with van der Waals surface area (Å²) in [5.74, 6) is -0.125. The quantitative estimate of drug-likeness (QED) is 0.709. The summed E-state index contributed by atoms with van der Waals surface area (Å²) in [6.45, 7) is 7.87. The van der Waals surface area contributed by atoms with Crippen LogP contribution in [-0.4, -0.2) is 23.4 Å². The topological polar surface area (TPSA) is 51.8 Å². The highest BCUT2D eigenvalue weighted by atomic mass is 16.7. The van der Waals surface area contributed by atoms with E-state index in [1.165, 1.54) is 6.07 Å². The van der Waals surface area contributed by atoms with Crippen LogP contribution in [0.25, 0.3) is 0 Å². The second-order valence-corrected chi connectivity index (χ2v) is 4.76. The molecule has 1 fully saturated rings. The molecule has 15 heavy (non-hydrogen) atoms. The summed E-state index contributed by atoms with van der Waals surface area (Å²) in [5.41, 5.74) is -0.286. The molecule has 0 atom stereocenters. The molecule has 2 rings (SSSR count). The van der Waals surface area contributed by atoms with Crippen LogP contribution in [0.15, 0.2) is 16.5 Å². The maximum Gasteiger partial charge on any atom is 0.532 e. The van der Waals surface area contributed by atoms with E-state index < -0.39 is 7.12 Å². The van der Waals surface area contributed by atoms with Crippen molar-refractivity contribution in [3.05, 3.63) is 12.1 Å². The summed E-state index contributed by atoms with van der Waals surface area (Å²) in [5, 5.41) is 9.10.